The number of benzene rings is 1. The molecule has 22 heavy (non-hydrogen) atoms. The van der Waals surface area contributed by atoms with E-state index in [0.717, 1.165) is 5.56 Å². The Labute approximate surface area is 129 Å². The van der Waals surface area contributed by atoms with Crippen LogP contribution in [0, 0.1) is 6.92 Å². The topological polar surface area (TPSA) is 105 Å². The highest BCUT2D eigenvalue weighted by molar-refractivity contribution is 5.95. The minimum atomic E-state index is -0.267. The molecule has 2 aromatic rings. The number of anilines is 3. The molecular weight excluding hydrogens is 280 g/mol. The van der Waals surface area contributed by atoms with Crippen LogP contribution in [0.2, 0.25) is 0 Å². The predicted octanol–water partition coefficient (Wildman–Crippen LogP) is 1.94. The molecule has 0 aliphatic carbocycles. The first-order valence-electron chi connectivity index (χ1n) is 6.97. The van der Waals surface area contributed by atoms with Gasteiger partial charge in [-0.1, -0.05) is 17.7 Å². The molecule has 0 unspecified atom stereocenters. The molecule has 0 aliphatic rings. The summed E-state index contributed by atoms with van der Waals surface area (Å²) in [7, 11) is 0. The first-order chi connectivity index (χ1) is 10.5. The Balaban J connectivity index is 2.05. The van der Waals surface area contributed by atoms with Gasteiger partial charge in [-0.05, 0) is 32.9 Å². The van der Waals surface area contributed by atoms with Crippen LogP contribution < -0.4 is 21.9 Å². The molecule has 1 amide bonds. The average molecular weight is 300 g/mol. The summed E-state index contributed by atoms with van der Waals surface area (Å²) >= 11 is 0. The third-order valence-corrected chi connectivity index (χ3v) is 2.92. The van der Waals surface area contributed by atoms with Crippen LogP contribution in [-0.4, -0.2) is 21.9 Å². The second-order valence-electron chi connectivity index (χ2n) is 5.23. The van der Waals surface area contributed by atoms with Gasteiger partial charge in [-0.2, -0.15) is 0 Å². The normalized spacial score (nSPS) is 10.4. The number of nitrogens with two attached hydrogens (primary N) is 1. The van der Waals surface area contributed by atoms with Gasteiger partial charge in [-0.15, -0.1) is 0 Å². The molecule has 0 saturated carbocycles. The predicted molar refractivity (Wildman–Crippen MR) is 87.5 cm³/mol. The van der Waals surface area contributed by atoms with Gasteiger partial charge >= 0.3 is 0 Å². The number of nitrogens with one attached hydrogen (secondary N) is 3. The quantitative estimate of drug-likeness (QED) is 0.629. The maximum Gasteiger partial charge on any atom is 0.269 e. The smallest absolute Gasteiger partial charge is 0.269 e. The summed E-state index contributed by atoms with van der Waals surface area (Å²) in [6.45, 7) is 5.92. The number of aromatic nitrogens is 2. The highest BCUT2D eigenvalue weighted by atomic mass is 16.2. The van der Waals surface area contributed by atoms with Crippen LogP contribution in [-0.2, 0) is 0 Å². The van der Waals surface area contributed by atoms with E-state index < -0.39 is 0 Å². The van der Waals surface area contributed by atoms with Crippen LogP contribution in [0.25, 0.3) is 0 Å². The van der Waals surface area contributed by atoms with Crippen LogP contribution >= 0.6 is 0 Å². The van der Waals surface area contributed by atoms with Gasteiger partial charge in [-0.25, -0.2) is 9.97 Å². The lowest BCUT2D eigenvalue weighted by Crippen LogP contribution is -2.30. The number of carbonyl (C=O) groups is 1. The lowest BCUT2D eigenvalue weighted by molar-refractivity contribution is 0.0962. The van der Waals surface area contributed by atoms with E-state index in [1.165, 1.54) is 6.33 Å². The number of aryl methyl sites for hydroxylation is 1. The zero-order chi connectivity index (χ0) is 16.1. The molecule has 7 nitrogen and oxygen atoms in total. The molecule has 1 aromatic carbocycles. The zero-order valence-electron chi connectivity index (χ0n) is 12.8. The monoisotopic (exact) mass is 300 g/mol. The third-order valence-electron chi connectivity index (χ3n) is 2.92. The highest BCUT2D eigenvalue weighted by Crippen LogP contribution is 2.22. The van der Waals surface area contributed by atoms with Crippen LogP contribution in [0.3, 0.4) is 0 Å². The Morgan fingerprint density at radius 3 is 2.41 bits per heavy atom. The first-order valence-corrected chi connectivity index (χ1v) is 6.97. The number of carbonyl (C=O) groups excluding carboxylic acids is 1. The van der Waals surface area contributed by atoms with E-state index in [9.17, 15) is 4.79 Å². The Hall–Kier alpha value is -2.83. The maximum atomic E-state index is 12.0. The number of hydrogen-bond acceptors (Lipinski definition) is 6. The molecule has 0 spiro atoms. The van der Waals surface area contributed by atoms with Gasteiger partial charge in [0, 0.05) is 11.6 Å². The molecule has 0 aliphatic heterocycles. The lowest BCUT2D eigenvalue weighted by atomic mass is 10.1. The van der Waals surface area contributed by atoms with E-state index in [1.807, 2.05) is 32.9 Å². The van der Waals surface area contributed by atoms with Gasteiger partial charge in [-0.3, -0.25) is 15.6 Å². The highest BCUT2D eigenvalue weighted by Gasteiger charge is 2.10. The fraction of sp³-hybridized carbons (Fsp3) is 0.267. The molecular formula is C15H20N6O. The molecule has 5 N–H and O–H groups in total. The average Bonchev–Trinajstić information content (AvgIpc) is 2.48. The summed E-state index contributed by atoms with van der Waals surface area (Å²) in [5.74, 6) is 0.604. The summed E-state index contributed by atoms with van der Waals surface area (Å²) in [5.41, 5.74) is 13.3. The first kappa shape index (κ1) is 15.6. The number of nitrogens with zero attached hydrogens (tertiary/aromatic N) is 2. The van der Waals surface area contributed by atoms with E-state index in [0.29, 0.717) is 22.9 Å². The van der Waals surface area contributed by atoms with E-state index in [4.69, 9.17) is 5.73 Å². The van der Waals surface area contributed by atoms with Gasteiger partial charge in [0.1, 0.15) is 12.0 Å². The second-order valence-corrected chi connectivity index (χ2v) is 5.23. The number of rotatable bonds is 5. The van der Waals surface area contributed by atoms with Crippen molar-refractivity contribution in [3.05, 3.63) is 41.7 Å². The summed E-state index contributed by atoms with van der Waals surface area (Å²) in [5, 5.41) is 3.11. The molecule has 0 saturated heterocycles. The van der Waals surface area contributed by atoms with Gasteiger partial charge in [0.2, 0.25) is 0 Å². The van der Waals surface area contributed by atoms with Gasteiger partial charge in [0.05, 0.1) is 0 Å². The van der Waals surface area contributed by atoms with Gasteiger partial charge in [0.25, 0.3) is 5.91 Å². The fourth-order valence-corrected chi connectivity index (χ4v) is 1.78. The molecule has 0 radical (unpaired) electrons. The standard InChI is InChI=1S/C15H20N6O/c1-9(2)19-13-12(16)14(18-8-17-13)20-21-15(22)11-6-4-10(3)5-7-11/h4-9H,16H2,1-3H3,(H,21,22)(H2,17,18,19,20). The van der Waals surface area contributed by atoms with Crippen molar-refractivity contribution in [3.63, 3.8) is 0 Å². The molecule has 116 valence electrons. The van der Waals surface area contributed by atoms with E-state index in [-0.39, 0.29) is 11.9 Å². The number of nitrogen functional groups attached to an aromatic ring is 1. The molecule has 0 atom stereocenters. The second kappa shape index (κ2) is 6.75. The van der Waals surface area contributed by atoms with Crippen LogP contribution in [0.15, 0.2) is 30.6 Å². The molecule has 1 heterocycles. The van der Waals surface area contributed by atoms with E-state index >= 15 is 0 Å². The number of amides is 1. The molecule has 2 rings (SSSR count). The summed E-state index contributed by atoms with van der Waals surface area (Å²) in [4.78, 5) is 20.1. The lowest BCUT2D eigenvalue weighted by Gasteiger charge is -2.14. The van der Waals surface area contributed by atoms with Gasteiger partial charge < -0.3 is 11.1 Å². The summed E-state index contributed by atoms with van der Waals surface area (Å²) in [6.07, 6.45) is 1.38. The Morgan fingerprint density at radius 2 is 1.77 bits per heavy atom. The van der Waals surface area contributed by atoms with Crippen molar-refractivity contribution >= 4 is 23.2 Å². The molecule has 1 aromatic heterocycles. The van der Waals surface area contributed by atoms with Crippen molar-refractivity contribution in [2.24, 2.45) is 0 Å². The minimum Gasteiger partial charge on any atom is -0.393 e. The Morgan fingerprint density at radius 1 is 1.14 bits per heavy atom. The number of hydrogen-bond donors (Lipinski definition) is 4. The molecule has 0 bridgehead atoms. The largest absolute Gasteiger partial charge is 0.393 e. The van der Waals surface area contributed by atoms with Gasteiger partial charge in [0.15, 0.2) is 11.6 Å². The Kier molecular flexibility index (Phi) is 4.77. The van der Waals surface area contributed by atoms with Crippen molar-refractivity contribution < 1.29 is 4.79 Å². The Bertz CT molecular complexity index is 654. The van der Waals surface area contributed by atoms with Crippen molar-refractivity contribution in [1.82, 2.24) is 15.4 Å². The van der Waals surface area contributed by atoms with Crippen molar-refractivity contribution in [3.8, 4) is 0 Å². The molecule has 7 heteroatoms. The van der Waals surface area contributed by atoms with Crippen LogP contribution in [0.4, 0.5) is 17.3 Å². The van der Waals surface area contributed by atoms with E-state index in [2.05, 4.69) is 26.1 Å². The SMILES string of the molecule is Cc1ccc(C(=O)NNc2ncnc(NC(C)C)c2N)cc1. The summed E-state index contributed by atoms with van der Waals surface area (Å²) in [6, 6.07) is 7.44. The fourth-order valence-electron chi connectivity index (χ4n) is 1.78. The molecule has 0 fully saturated rings. The van der Waals surface area contributed by atoms with Crippen molar-refractivity contribution in [2.45, 2.75) is 26.8 Å². The zero-order valence-corrected chi connectivity index (χ0v) is 12.8. The minimum absolute atomic E-state index is 0.187. The van der Waals surface area contributed by atoms with Crippen LogP contribution in [0.1, 0.15) is 29.8 Å². The van der Waals surface area contributed by atoms with E-state index in [1.54, 1.807) is 12.1 Å². The van der Waals surface area contributed by atoms with Crippen molar-refractivity contribution in [1.29, 1.82) is 0 Å². The van der Waals surface area contributed by atoms with Crippen LogP contribution in [0.5, 0.6) is 0 Å². The summed E-state index contributed by atoms with van der Waals surface area (Å²) < 4.78 is 0. The third kappa shape index (κ3) is 3.85. The van der Waals surface area contributed by atoms with Crippen molar-refractivity contribution in [2.75, 3.05) is 16.5 Å². The number of hydrazine groups is 1. The maximum absolute atomic E-state index is 12.0.